The van der Waals surface area contributed by atoms with E-state index in [1.54, 1.807) is 59.9 Å². The van der Waals surface area contributed by atoms with Gasteiger partial charge in [-0.3, -0.25) is 4.90 Å². The molecule has 4 atom stereocenters. The van der Waals surface area contributed by atoms with E-state index < -0.39 is 61.6 Å². The zero-order chi connectivity index (χ0) is 47.0. The highest BCUT2D eigenvalue weighted by atomic mass is 32.2. The number of carbonyl (C=O) groups excluding carboxylic acids is 2. The van der Waals surface area contributed by atoms with Crippen molar-refractivity contribution < 1.29 is 38.1 Å². The Kier molecular flexibility index (Phi) is 12.4. The molecule has 6 heterocycles. The predicted octanol–water partition coefficient (Wildman–Crippen LogP) is 10.8. The Labute approximate surface area is 380 Å². The second kappa shape index (κ2) is 17.0. The minimum absolute atomic E-state index is 0.0173. The van der Waals surface area contributed by atoms with Gasteiger partial charge in [-0.15, -0.1) is 5.54 Å². The molecule has 64 heavy (non-hydrogen) atoms. The van der Waals surface area contributed by atoms with Gasteiger partial charge in [-0.25, -0.2) is 38.7 Å². The predicted molar refractivity (Wildman–Crippen MR) is 251 cm³/mol. The van der Waals surface area contributed by atoms with E-state index in [4.69, 9.17) is 34.1 Å². The van der Waals surface area contributed by atoms with Crippen molar-refractivity contribution in [3.63, 3.8) is 0 Å². The van der Waals surface area contributed by atoms with Crippen LogP contribution < -0.4 is 14.5 Å². The molecule has 2 saturated heterocycles. The number of thioether (sulfide) groups is 1. The van der Waals surface area contributed by atoms with E-state index in [9.17, 15) is 19.5 Å². The molecule has 7 rings (SSSR count). The van der Waals surface area contributed by atoms with Crippen LogP contribution in [0.4, 0.5) is 30.4 Å². The lowest BCUT2D eigenvalue weighted by Gasteiger charge is -2.47. The zero-order valence-corrected chi connectivity index (χ0v) is 41.1. The number of carbonyl (C=O) groups is 3. The van der Waals surface area contributed by atoms with Gasteiger partial charge in [-0.05, 0) is 102 Å². The van der Waals surface area contributed by atoms with Gasteiger partial charge in [0.2, 0.25) is 5.88 Å². The van der Waals surface area contributed by atoms with Crippen molar-refractivity contribution in [3.05, 3.63) is 35.6 Å². The average Bonchev–Trinajstić information content (AvgIpc) is 3.43. The lowest BCUT2D eigenvalue weighted by molar-refractivity contribution is 0.0428. The van der Waals surface area contributed by atoms with E-state index in [-0.39, 0.29) is 40.0 Å². The number of rotatable bonds is 6. The van der Waals surface area contributed by atoms with Gasteiger partial charge < -0.3 is 24.2 Å². The lowest BCUT2D eigenvalue weighted by Crippen LogP contribution is -2.64. The van der Waals surface area contributed by atoms with Crippen molar-refractivity contribution >= 4 is 71.4 Å². The summed E-state index contributed by atoms with van der Waals surface area (Å²) in [5.74, 6) is 2.98. The number of carboxylic acid groups (broad SMARTS) is 1. The van der Waals surface area contributed by atoms with Crippen LogP contribution in [0.15, 0.2) is 29.4 Å². The minimum atomic E-state index is -2.30. The van der Waals surface area contributed by atoms with Crippen molar-refractivity contribution in [2.45, 2.75) is 160 Å². The minimum Gasteiger partial charge on any atom is -0.472 e. The first-order valence-corrected chi connectivity index (χ1v) is 25.5. The van der Waals surface area contributed by atoms with Crippen LogP contribution in [0.5, 0.6) is 5.88 Å². The number of anilines is 2. The topological polar surface area (TPSA) is 160 Å². The molecule has 1 aromatic carbocycles. The number of hydrogen-bond acceptors (Lipinski definition) is 12. The molecule has 2 fully saturated rings. The summed E-state index contributed by atoms with van der Waals surface area (Å²) in [6.45, 7) is 25.6. The van der Waals surface area contributed by atoms with Crippen molar-refractivity contribution in [2.24, 2.45) is 0 Å². The molecule has 3 aromatic heterocycles. The molecule has 0 spiro atoms. The summed E-state index contributed by atoms with van der Waals surface area (Å²) < 4.78 is 36.2. The number of ether oxygens (including phenoxy) is 3. The number of imide groups is 1. The Morgan fingerprint density at radius 1 is 0.922 bits per heavy atom. The third-order valence-corrected chi connectivity index (χ3v) is 19.4. The Morgan fingerprint density at radius 3 is 2.11 bits per heavy atom. The maximum atomic E-state index is 18.0. The molecule has 3 aliphatic heterocycles. The molecule has 0 aliphatic carbocycles. The largest absolute Gasteiger partial charge is 0.472 e. The molecular formula is C47H60FN7O7SSi. The molecule has 14 nitrogen and oxygen atoms in total. The Balaban J connectivity index is 1.56. The normalized spacial score (nSPS) is 19.7. The number of aromatic nitrogens is 4. The second-order valence-electron chi connectivity index (χ2n) is 20.0. The number of halogens is 1. The number of piperazine rings is 1. The first-order valence-electron chi connectivity index (χ1n) is 22.0. The number of nitrogens with zero attached hydrogens (tertiary/aromatic N) is 7. The molecule has 17 heteroatoms. The molecule has 0 saturated carbocycles. The van der Waals surface area contributed by atoms with E-state index in [0.717, 1.165) is 0 Å². The van der Waals surface area contributed by atoms with Crippen LogP contribution in [0.1, 0.15) is 108 Å². The third-order valence-electron chi connectivity index (χ3n) is 12.6. The van der Waals surface area contributed by atoms with Gasteiger partial charge in [-0.2, -0.15) is 4.90 Å². The fraction of sp³-hybridized carbons (Fsp3) is 0.553. The van der Waals surface area contributed by atoms with Crippen LogP contribution in [0.3, 0.4) is 0 Å². The number of amides is 3. The lowest BCUT2D eigenvalue weighted by atomic mass is 9.98. The van der Waals surface area contributed by atoms with E-state index >= 15 is 4.39 Å². The monoisotopic (exact) mass is 913 g/mol. The standard InChI is InChI=1S/C47H60FN7O7SSi/c1-24(2)64(25(3)4,26(5)6)21-20-28-16-15-17-29-22-32(55(44(58)61-46(8,9)10)45(59)62-47(11,12)13)49-37(33(28)29)38-35(48)36-34-40(52-42(51-36)63-14)53-23-30-18-19-31(54(30)43(56)57)39(53)27(7)60-41(34)50-38/h15-17,22,24-27,30-31,39H,18-19,23H2,1-14H3,(H,56,57). The fourth-order valence-corrected chi connectivity index (χ4v) is 15.7. The number of benzene rings is 1. The molecule has 342 valence electrons. The Hall–Kier alpha value is -5.21. The van der Waals surface area contributed by atoms with E-state index in [0.29, 0.717) is 68.2 Å². The van der Waals surface area contributed by atoms with Crippen LogP contribution in [0.2, 0.25) is 16.6 Å². The Bertz CT molecular complexity index is 2550. The van der Waals surface area contributed by atoms with Gasteiger partial charge in [-0.1, -0.05) is 71.4 Å². The number of hydrogen-bond donors (Lipinski definition) is 1. The maximum absolute atomic E-state index is 18.0. The highest BCUT2D eigenvalue weighted by Crippen LogP contribution is 2.47. The summed E-state index contributed by atoms with van der Waals surface area (Å²) in [6.07, 6.45) is -0.603. The number of fused-ring (bicyclic) bond motifs is 6. The van der Waals surface area contributed by atoms with Gasteiger partial charge in [0.05, 0.1) is 18.1 Å². The highest BCUT2D eigenvalue weighted by molar-refractivity contribution is 7.98. The van der Waals surface area contributed by atoms with Gasteiger partial charge in [0.15, 0.2) is 11.0 Å². The van der Waals surface area contributed by atoms with E-state index in [2.05, 4.69) is 53.0 Å². The first-order chi connectivity index (χ1) is 29.9. The van der Waals surface area contributed by atoms with Gasteiger partial charge in [0.25, 0.3) is 0 Å². The molecule has 3 amide bonds. The van der Waals surface area contributed by atoms with Crippen LogP contribution in [-0.2, 0) is 9.47 Å². The van der Waals surface area contributed by atoms with Crippen LogP contribution in [0, 0.1) is 17.3 Å². The van der Waals surface area contributed by atoms with Gasteiger partial charge in [0, 0.05) is 17.5 Å². The summed E-state index contributed by atoms with van der Waals surface area (Å²) >= 11 is 1.24. The summed E-state index contributed by atoms with van der Waals surface area (Å²) in [6, 6.07) is 5.89. The third kappa shape index (κ3) is 8.32. The van der Waals surface area contributed by atoms with Crippen molar-refractivity contribution in [3.8, 4) is 28.7 Å². The first kappa shape index (κ1) is 46.8. The summed E-state index contributed by atoms with van der Waals surface area (Å²) in [5, 5.41) is 11.8. The molecule has 3 aliphatic rings. The Morgan fingerprint density at radius 2 is 1.55 bits per heavy atom. The summed E-state index contributed by atoms with van der Waals surface area (Å²) in [4.78, 5) is 64.6. The molecule has 4 unspecified atom stereocenters. The summed E-state index contributed by atoms with van der Waals surface area (Å²) in [5.41, 5.74) is 2.96. The van der Waals surface area contributed by atoms with Crippen molar-refractivity contribution in [1.82, 2.24) is 24.8 Å². The molecule has 4 aromatic rings. The molecule has 1 N–H and O–H groups in total. The van der Waals surface area contributed by atoms with E-state index in [1.165, 1.54) is 16.7 Å². The van der Waals surface area contributed by atoms with Crippen molar-refractivity contribution in [2.75, 3.05) is 22.6 Å². The van der Waals surface area contributed by atoms with Gasteiger partial charge in [0.1, 0.15) is 59.3 Å². The van der Waals surface area contributed by atoms with Crippen molar-refractivity contribution in [1.29, 1.82) is 0 Å². The molecule has 2 bridgehead atoms. The average molecular weight is 914 g/mol. The summed E-state index contributed by atoms with van der Waals surface area (Å²) in [7, 11) is -2.30. The smallest absolute Gasteiger partial charge is 0.425 e. The SMILES string of the molecule is CSc1nc2c3c(nc(-c4nc(N(C(=O)OC(C)(C)C)C(=O)OC(C)(C)C)cc5cccc(C#C[Si](C(C)C)(C(C)C)C(C)C)c45)c(F)c3n1)OC(C)C1C3CCC(CN21)N3C(=O)O. The van der Waals surface area contributed by atoms with Crippen LogP contribution >= 0.6 is 11.8 Å². The number of pyridine rings is 2. The second-order valence-corrected chi connectivity index (χ2v) is 26.3. The molecular weight excluding hydrogens is 854 g/mol. The fourth-order valence-electron chi connectivity index (χ4n) is 10.1. The van der Waals surface area contributed by atoms with Crippen LogP contribution in [0.25, 0.3) is 33.1 Å². The zero-order valence-electron chi connectivity index (χ0n) is 39.3. The highest BCUT2D eigenvalue weighted by Gasteiger charge is 2.53. The van der Waals surface area contributed by atoms with E-state index in [1.807, 2.05) is 24.0 Å². The molecule has 0 radical (unpaired) electrons. The van der Waals surface area contributed by atoms with Crippen LogP contribution in [-0.4, -0.2) is 105 Å². The maximum Gasteiger partial charge on any atom is 0.425 e. The quantitative estimate of drug-likeness (QED) is 0.0843. The van der Waals surface area contributed by atoms with Gasteiger partial charge >= 0.3 is 18.3 Å².